The van der Waals surface area contributed by atoms with E-state index in [1.165, 1.54) is 0 Å². The summed E-state index contributed by atoms with van der Waals surface area (Å²) in [6.45, 7) is 0.472. The number of esters is 1. The van der Waals surface area contributed by atoms with Gasteiger partial charge in [-0.3, -0.25) is 4.98 Å². The third-order valence-electron chi connectivity index (χ3n) is 3.50. The van der Waals surface area contributed by atoms with E-state index in [1.54, 1.807) is 30.5 Å². The molecular formula is C17H16BrNO4. The topological polar surface area (TPSA) is 57.7 Å². The Labute approximate surface area is 142 Å². The Morgan fingerprint density at radius 1 is 1.26 bits per heavy atom. The molecule has 0 spiro atoms. The van der Waals surface area contributed by atoms with Gasteiger partial charge in [-0.15, -0.1) is 0 Å². The molecule has 0 aliphatic carbocycles. The highest BCUT2D eigenvalue weighted by molar-refractivity contribution is 9.09. The molecule has 2 unspecified atom stereocenters. The number of benzene rings is 1. The second-order valence-corrected chi connectivity index (χ2v) is 5.68. The van der Waals surface area contributed by atoms with Gasteiger partial charge < -0.3 is 14.2 Å². The van der Waals surface area contributed by atoms with Gasteiger partial charge >= 0.3 is 5.97 Å². The minimum absolute atomic E-state index is 0.134. The lowest BCUT2D eigenvalue weighted by Gasteiger charge is -2.25. The Kier molecular flexibility index (Phi) is 5.05. The van der Waals surface area contributed by atoms with Crippen LogP contribution in [-0.2, 0) is 20.0 Å². The lowest BCUT2D eigenvalue weighted by molar-refractivity contribution is -0.163. The van der Waals surface area contributed by atoms with Gasteiger partial charge in [-0.05, 0) is 24.3 Å². The fourth-order valence-corrected chi connectivity index (χ4v) is 2.92. The van der Waals surface area contributed by atoms with E-state index in [9.17, 15) is 4.79 Å². The molecule has 0 bridgehead atoms. The first-order valence-electron chi connectivity index (χ1n) is 7.25. The fourth-order valence-electron chi connectivity index (χ4n) is 2.33. The van der Waals surface area contributed by atoms with Crippen molar-refractivity contribution in [3.8, 4) is 0 Å². The number of carbonyl (C=O) groups is 1. The van der Waals surface area contributed by atoms with Crippen molar-refractivity contribution in [3.05, 3.63) is 66.0 Å². The molecule has 1 fully saturated rings. The number of nitrogens with zero attached hydrogens (tertiary/aromatic N) is 1. The molecule has 1 aliphatic rings. The molecule has 1 aromatic carbocycles. The van der Waals surface area contributed by atoms with E-state index in [4.69, 9.17) is 14.2 Å². The largest absolute Gasteiger partial charge is 0.459 e. The van der Waals surface area contributed by atoms with Gasteiger partial charge in [-0.1, -0.05) is 40.2 Å². The number of hydrogen-bond acceptors (Lipinski definition) is 5. The zero-order valence-corrected chi connectivity index (χ0v) is 13.9. The standard InChI is InChI=1S/C17H16BrNO4/c18-12-17(15-8-4-5-9-19-15)22-11-14(23-17)10-21-16(20)13-6-2-1-3-7-13/h1-9,14H,10-12H2. The number of aromatic nitrogens is 1. The molecule has 2 aromatic rings. The third-order valence-corrected chi connectivity index (χ3v) is 4.24. The molecule has 2 atom stereocenters. The summed E-state index contributed by atoms with van der Waals surface area (Å²) in [5, 5.41) is 0.445. The van der Waals surface area contributed by atoms with E-state index in [-0.39, 0.29) is 18.7 Å². The van der Waals surface area contributed by atoms with Gasteiger partial charge in [-0.2, -0.15) is 0 Å². The van der Waals surface area contributed by atoms with E-state index in [2.05, 4.69) is 20.9 Å². The Morgan fingerprint density at radius 3 is 2.74 bits per heavy atom. The summed E-state index contributed by atoms with van der Waals surface area (Å²) in [5.41, 5.74) is 1.21. The van der Waals surface area contributed by atoms with Crippen LogP contribution >= 0.6 is 15.9 Å². The zero-order chi connectivity index (χ0) is 16.1. The molecule has 5 nitrogen and oxygen atoms in total. The average Bonchev–Trinajstić information content (AvgIpc) is 3.06. The maximum Gasteiger partial charge on any atom is 0.338 e. The van der Waals surface area contributed by atoms with Gasteiger partial charge in [0.25, 0.3) is 0 Å². The summed E-state index contributed by atoms with van der Waals surface area (Å²) < 4.78 is 17.1. The van der Waals surface area contributed by atoms with Crippen molar-refractivity contribution in [1.29, 1.82) is 0 Å². The van der Waals surface area contributed by atoms with E-state index in [0.29, 0.717) is 23.2 Å². The lowest BCUT2D eigenvalue weighted by Crippen LogP contribution is -2.32. The highest BCUT2D eigenvalue weighted by Crippen LogP contribution is 2.34. The molecule has 1 aliphatic heterocycles. The first-order chi connectivity index (χ1) is 11.2. The van der Waals surface area contributed by atoms with Gasteiger partial charge in [0, 0.05) is 6.20 Å². The minimum atomic E-state index is -0.939. The van der Waals surface area contributed by atoms with Crippen molar-refractivity contribution < 1.29 is 19.0 Å². The highest BCUT2D eigenvalue weighted by Gasteiger charge is 2.44. The number of halogens is 1. The Hall–Kier alpha value is -1.76. The van der Waals surface area contributed by atoms with Gasteiger partial charge in [0.15, 0.2) is 0 Å². The minimum Gasteiger partial charge on any atom is -0.459 e. The number of hydrogen-bond donors (Lipinski definition) is 0. The highest BCUT2D eigenvalue weighted by atomic mass is 79.9. The van der Waals surface area contributed by atoms with Crippen molar-refractivity contribution in [2.24, 2.45) is 0 Å². The maximum absolute atomic E-state index is 12.0. The van der Waals surface area contributed by atoms with Crippen molar-refractivity contribution in [2.45, 2.75) is 11.9 Å². The SMILES string of the molecule is O=C(OCC1COC(CBr)(c2ccccn2)O1)c1ccccc1. The Balaban J connectivity index is 1.60. The molecule has 23 heavy (non-hydrogen) atoms. The summed E-state index contributed by atoms with van der Waals surface area (Å²) in [6, 6.07) is 14.4. The van der Waals surface area contributed by atoms with Crippen molar-refractivity contribution in [2.75, 3.05) is 18.5 Å². The summed E-state index contributed by atoms with van der Waals surface area (Å²) >= 11 is 3.42. The second-order valence-electron chi connectivity index (χ2n) is 5.12. The monoisotopic (exact) mass is 377 g/mol. The quantitative estimate of drug-likeness (QED) is 0.592. The average molecular weight is 378 g/mol. The lowest BCUT2D eigenvalue weighted by atomic mass is 10.2. The first-order valence-corrected chi connectivity index (χ1v) is 8.37. The Morgan fingerprint density at radius 2 is 2.04 bits per heavy atom. The number of carbonyl (C=O) groups excluding carboxylic acids is 1. The van der Waals surface area contributed by atoms with Crippen LogP contribution < -0.4 is 0 Å². The second kappa shape index (κ2) is 7.21. The van der Waals surface area contributed by atoms with Crippen LogP contribution in [0.4, 0.5) is 0 Å². The van der Waals surface area contributed by atoms with Crippen molar-refractivity contribution in [1.82, 2.24) is 4.98 Å². The van der Waals surface area contributed by atoms with Crippen LogP contribution in [0.3, 0.4) is 0 Å². The zero-order valence-electron chi connectivity index (χ0n) is 12.4. The molecule has 1 saturated heterocycles. The normalized spacial score (nSPS) is 23.6. The van der Waals surface area contributed by atoms with E-state index in [1.807, 2.05) is 24.3 Å². The predicted molar refractivity (Wildman–Crippen MR) is 87.3 cm³/mol. The van der Waals surface area contributed by atoms with Gasteiger partial charge in [0.05, 0.1) is 17.5 Å². The Bertz CT molecular complexity index is 652. The van der Waals surface area contributed by atoms with E-state index < -0.39 is 5.79 Å². The third kappa shape index (κ3) is 3.60. The number of alkyl halides is 1. The van der Waals surface area contributed by atoms with Gasteiger partial charge in [0.1, 0.15) is 18.4 Å². The van der Waals surface area contributed by atoms with E-state index >= 15 is 0 Å². The van der Waals surface area contributed by atoms with Crippen LogP contribution in [0, 0.1) is 0 Å². The van der Waals surface area contributed by atoms with E-state index in [0.717, 1.165) is 0 Å². The molecule has 0 amide bonds. The predicted octanol–water partition coefficient (Wildman–Crippen LogP) is 2.90. The maximum atomic E-state index is 12.0. The fraction of sp³-hybridized carbons (Fsp3) is 0.294. The summed E-state index contributed by atoms with van der Waals surface area (Å²) in [7, 11) is 0. The van der Waals surface area contributed by atoms with Gasteiger partial charge in [-0.25, -0.2) is 4.79 Å². The molecule has 1 aromatic heterocycles. The van der Waals surface area contributed by atoms with Crippen LogP contribution in [-0.4, -0.2) is 35.6 Å². The molecule has 0 N–H and O–H groups in total. The molecule has 120 valence electrons. The van der Waals surface area contributed by atoms with Crippen LogP contribution in [0.15, 0.2) is 54.7 Å². The molecule has 6 heteroatoms. The van der Waals surface area contributed by atoms with Crippen molar-refractivity contribution in [3.63, 3.8) is 0 Å². The number of ether oxygens (including phenoxy) is 3. The van der Waals surface area contributed by atoms with Gasteiger partial charge in [0.2, 0.25) is 5.79 Å². The first kappa shape index (κ1) is 16.1. The summed E-state index contributed by atoms with van der Waals surface area (Å²) in [4.78, 5) is 16.3. The molecular weight excluding hydrogens is 362 g/mol. The van der Waals surface area contributed by atoms with Crippen molar-refractivity contribution >= 4 is 21.9 Å². The van der Waals surface area contributed by atoms with Crippen LogP contribution in [0.2, 0.25) is 0 Å². The molecule has 0 saturated carbocycles. The summed E-state index contributed by atoms with van der Waals surface area (Å²) in [5.74, 6) is -1.31. The van der Waals surface area contributed by atoms with Crippen LogP contribution in [0.1, 0.15) is 16.1 Å². The molecule has 3 rings (SSSR count). The number of pyridine rings is 1. The molecule has 0 radical (unpaired) electrons. The summed E-state index contributed by atoms with van der Waals surface area (Å²) in [6.07, 6.45) is 1.36. The smallest absolute Gasteiger partial charge is 0.338 e. The number of rotatable bonds is 5. The molecule has 2 heterocycles. The van der Waals surface area contributed by atoms with Crippen LogP contribution in [0.25, 0.3) is 0 Å². The van der Waals surface area contributed by atoms with Crippen LogP contribution in [0.5, 0.6) is 0 Å².